The van der Waals surface area contributed by atoms with E-state index in [9.17, 15) is 10.2 Å². The predicted octanol–water partition coefficient (Wildman–Crippen LogP) is 8.41. The molecule has 5 rings (SSSR count). The highest BCUT2D eigenvalue weighted by molar-refractivity contribution is 5.41. The van der Waals surface area contributed by atoms with E-state index in [0.29, 0.717) is 11.8 Å². The average molecular weight is 440 g/mol. The molecule has 178 valence electrons. The van der Waals surface area contributed by atoms with Crippen molar-refractivity contribution < 1.29 is 10.2 Å². The van der Waals surface area contributed by atoms with Crippen molar-refractivity contribution in [2.45, 2.75) is 111 Å². The maximum absolute atomic E-state index is 9.71. The second kappa shape index (κ2) is 11.8. The molecule has 2 fully saturated rings. The van der Waals surface area contributed by atoms with Crippen LogP contribution in [0.1, 0.15) is 111 Å². The number of unbranched alkanes of at least 4 members (excludes halogenated alkanes) is 3. The van der Waals surface area contributed by atoms with E-state index in [1.807, 2.05) is 13.8 Å². The van der Waals surface area contributed by atoms with Gasteiger partial charge in [-0.2, -0.15) is 5.26 Å². The van der Waals surface area contributed by atoms with Crippen LogP contribution in [-0.4, -0.2) is 10.2 Å². The molecule has 0 aliphatic heterocycles. The molecule has 2 N–H and O–H groups in total. The summed E-state index contributed by atoms with van der Waals surface area (Å²) in [6.07, 6.45) is 14.8. The topological polar surface area (TPSA) is 64.2 Å². The Labute approximate surface area is 196 Å². The Kier molecular flexibility index (Phi) is 9.68. The van der Waals surface area contributed by atoms with Crippen molar-refractivity contribution in [1.82, 2.24) is 0 Å². The van der Waals surface area contributed by atoms with Crippen LogP contribution in [0, 0.1) is 28.6 Å². The standard InChI is InChI=1S/C17H23NO2.C10H16.C2H6/c18-10-6-2-1-3-7-17(8-4-5-9-17)14-11-15(19)13-16(20)12-14;1-7-4-5-8-6-9(7)10(8,2)3;1-2/h11-13,19-20H,1-9H2;4,8-9H,5-6H2,1-3H3;1-2H3. The maximum Gasteiger partial charge on any atom is 0.119 e. The summed E-state index contributed by atoms with van der Waals surface area (Å²) in [5.41, 5.74) is 3.47. The first-order chi connectivity index (χ1) is 15.3. The molecular formula is C29H45NO2. The summed E-state index contributed by atoms with van der Waals surface area (Å²) in [6.45, 7) is 11.1. The van der Waals surface area contributed by atoms with Crippen LogP contribution < -0.4 is 0 Å². The molecule has 4 aliphatic carbocycles. The van der Waals surface area contributed by atoms with Crippen molar-refractivity contribution in [2.75, 3.05) is 0 Å². The van der Waals surface area contributed by atoms with Crippen molar-refractivity contribution >= 4 is 0 Å². The van der Waals surface area contributed by atoms with Gasteiger partial charge in [-0.15, -0.1) is 0 Å². The van der Waals surface area contributed by atoms with Crippen molar-refractivity contribution in [2.24, 2.45) is 17.3 Å². The highest BCUT2D eigenvalue weighted by Gasteiger charge is 2.49. The molecule has 32 heavy (non-hydrogen) atoms. The molecule has 3 heteroatoms. The highest BCUT2D eigenvalue weighted by atomic mass is 16.3. The van der Waals surface area contributed by atoms with Gasteiger partial charge in [-0.3, -0.25) is 0 Å². The summed E-state index contributed by atoms with van der Waals surface area (Å²) >= 11 is 0. The summed E-state index contributed by atoms with van der Waals surface area (Å²) in [5, 5.41) is 28.0. The fraction of sp³-hybridized carbons (Fsp3) is 0.690. The van der Waals surface area contributed by atoms with E-state index in [-0.39, 0.29) is 16.9 Å². The Balaban J connectivity index is 0.000000251. The van der Waals surface area contributed by atoms with E-state index < -0.39 is 0 Å². The van der Waals surface area contributed by atoms with E-state index >= 15 is 0 Å². The van der Waals surface area contributed by atoms with E-state index in [2.05, 4.69) is 32.9 Å². The van der Waals surface area contributed by atoms with Gasteiger partial charge in [-0.05, 0) is 85.8 Å². The number of phenolic OH excluding ortho intramolecular Hbond substituents is 2. The SMILES string of the molecule is CC.CC1=CCC2CC1C2(C)C.N#CCCCCCC1(c2cc(O)cc(O)c2)CCCC1. The smallest absolute Gasteiger partial charge is 0.119 e. The average Bonchev–Trinajstić information content (AvgIpc) is 3.25. The van der Waals surface area contributed by atoms with Crippen molar-refractivity contribution in [3.8, 4) is 17.6 Å². The second-order valence-electron chi connectivity index (χ2n) is 10.4. The van der Waals surface area contributed by atoms with Gasteiger partial charge in [0.05, 0.1) is 6.07 Å². The Morgan fingerprint density at radius 1 is 1.00 bits per heavy atom. The third-order valence-corrected chi connectivity index (χ3v) is 8.26. The number of benzene rings is 1. The molecule has 2 unspecified atom stereocenters. The zero-order chi connectivity index (χ0) is 23.8. The van der Waals surface area contributed by atoms with Crippen LogP contribution in [0.15, 0.2) is 29.8 Å². The van der Waals surface area contributed by atoms with Gasteiger partial charge in [0.2, 0.25) is 0 Å². The van der Waals surface area contributed by atoms with Gasteiger partial charge in [-0.25, -0.2) is 0 Å². The first kappa shape index (κ1) is 26.3. The van der Waals surface area contributed by atoms with Crippen LogP contribution in [-0.2, 0) is 5.41 Å². The van der Waals surface area contributed by atoms with Crippen LogP contribution in [0.3, 0.4) is 0 Å². The molecule has 2 bridgehead atoms. The van der Waals surface area contributed by atoms with Gasteiger partial charge in [0.15, 0.2) is 0 Å². The van der Waals surface area contributed by atoms with Crippen molar-refractivity contribution in [1.29, 1.82) is 5.26 Å². The minimum atomic E-state index is 0.114. The number of allylic oxidation sites excluding steroid dienone is 2. The van der Waals surface area contributed by atoms with Gasteiger partial charge < -0.3 is 10.2 Å². The van der Waals surface area contributed by atoms with Gasteiger partial charge >= 0.3 is 0 Å². The molecular weight excluding hydrogens is 394 g/mol. The van der Waals surface area contributed by atoms with Crippen LogP contribution in [0.2, 0.25) is 0 Å². The highest BCUT2D eigenvalue weighted by Crippen LogP contribution is 2.58. The van der Waals surface area contributed by atoms with Crippen LogP contribution in [0.4, 0.5) is 0 Å². The zero-order valence-corrected chi connectivity index (χ0v) is 21.1. The van der Waals surface area contributed by atoms with Crippen LogP contribution in [0.5, 0.6) is 11.5 Å². The lowest BCUT2D eigenvalue weighted by Gasteiger charge is -2.56. The van der Waals surface area contributed by atoms with Gasteiger partial charge in [-0.1, -0.05) is 65.0 Å². The molecule has 0 heterocycles. The van der Waals surface area contributed by atoms with E-state index in [0.717, 1.165) is 55.9 Å². The molecule has 2 atom stereocenters. The van der Waals surface area contributed by atoms with Crippen LogP contribution >= 0.6 is 0 Å². The second-order valence-corrected chi connectivity index (χ2v) is 10.4. The van der Waals surface area contributed by atoms with Gasteiger partial charge in [0.25, 0.3) is 0 Å². The lowest BCUT2D eigenvalue weighted by atomic mass is 9.49. The van der Waals surface area contributed by atoms with Crippen LogP contribution in [0.25, 0.3) is 0 Å². The molecule has 2 saturated carbocycles. The summed E-state index contributed by atoms with van der Waals surface area (Å²) in [5.74, 6) is 2.22. The number of nitrogens with zero attached hydrogens (tertiary/aromatic N) is 1. The number of rotatable bonds is 6. The quantitative estimate of drug-likeness (QED) is 0.345. The molecule has 0 saturated heterocycles. The summed E-state index contributed by atoms with van der Waals surface area (Å²) in [4.78, 5) is 0. The number of hydrogen-bond donors (Lipinski definition) is 2. The summed E-state index contributed by atoms with van der Waals surface area (Å²) in [7, 11) is 0. The largest absolute Gasteiger partial charge is 0.508 e. The molecule has 0 amide bonds. The van der Waals surface area contributed by atoms with E-state index in [4.69, 9.17) is 5.26 Å². The number of fused-ring (bicyclic) bond motifs is 1. The molecule has 1 aromatic rings. The van der Waals surface area contributed by atoms with E-state index in [1.165, 1.54) is 31.7 Å². The molecule has 0 spiro atoms. The molecule has 1 aromatic carbocycles. The minimum Gasteiger partial charge on any atom is -0.508 e. The number of nitriles is 1. The normalized spacial score (nSPS) is 23.9. The molecule has 0 radical (unpaired) electrons. The van der Waals surface area contributed by atoms with Crippen molar-refractivity contribution in [3.63, 3.8) is 0 Å². The number of aromatic hydroxyl groups is 2. The minimum absolute atomic E-state index is 0.114. The Bertz CT molecular complexity index is 776. The molecule has 3 nitrogen and oxygen atoms in total. The Morgan fingerprint density at radius 2 is 1.62 bits per heavy atom. The third kappa shape index (κ3) is 6.09. The van der Waals surface area contributed by atoms with Crippen molar-refractivity contribution in [3.05, 3.63) is 35.4 Å². The fourth-order valence-electron chi connectivity index (χ4n) is 6.14. The molecule has 4 aliphatic rings. The summed E-state index contributed by atoms with van der Waals surface area (Å²) in [6, 6.07) is 7.19. The fourth-order valence-corrected chi connectivity index (χ4v) is 6.14. The lowest BCUT2D eigenvalue weighted by Crippen LogP contribution is -2.47. The summed E-state index contributed by atoms with van der Waals surface area (Å²) < 4.78 is 0. The monoisotopic (exact) mass is 439 g/mol. The van der Waals surface area contributed by atoms with E-state index in [1.54, 1.807) is 17.7 Å². The number of phenols is 2. The number of hydrogen-bond acceptors (Lipinski definition) is 3. The third-order valence-electron chi connectivity index (χ3n) is 8.26. The Hall–Kier alpha value is -1.95. The van der Waals surface area contributed by atoms with Gasteiger partial charge in [0, 0.05) is 12.5 Å². The Morgan fingerprint density at radius 3 is 2.09 bits per heavy atom. The zero-order valence-electron chi connectivity index (χ0n) is 21.1. The first-order valence-corrected chi connectivity index (χ1v) is 12.9. The predicted molar refractivity (Wildman–Crippen MR) is 134 cm³/mol. The molecule has 0 aromatic heterocycles. The first-order valence-electron chi connectivity index (χ1n) is 12.9. The lowest BCUT2D eigenvalue weighted by molar-refractivity contribution is -0.00579. The van der Waals surface area contributed by atoms with Gasteiger partial charge in [0.1, 0.15) is 11.5 Å². The maximum atomic E-state index is 9.71.